The second kappa shape index (κ2) is 5.51. The molecule has 0 bridgehead atoms. The molecule has 0 radical (unpaired) electrons. The van der Waals surface area contributed by atoms with E-state index in [2.05, 4.69) is 26.8 Å². The van der Waals surface area contributed by atoms with E-state index in [-0.39, 0.29) is 5.91 Å². The highest BCUT2D eigenvalue weighted by Gasteiger charge is 2.06. The summed E-state index contributed by atoms with van der Waals surface area (Å²) in [5, 5.41) is 0. The van der Waals surface area contributed by atoms with E-state index in [1.165, 1.54) is 11.3 Å². The van der Waals surface area contributed by atoms with Crippen LogP contribution in [0.3, 0.4) is 0 Å². The molecule has 0 N–H and O–H groups in total. The molecule has 5 heteroatoms. The Morgan fingerprint density at radius 1 is 1.61 bits per heavy atom. The molecular formula is C13H11BrN2OS. The number of nitrogens with zero attached hydrogens (tertiary/aromatic N) is 2. The molecule has 92 valence electrons. The molecule has 1 aromatic carbocycles. The zero-order valence-electron chi connectivity index (χ0n) is 9.81. The van der Waals surface area contributed by atoms with Gasteiger partial charge in [-0.05, 0) is 18.2 Å². The summed E-state index contributed by atoms with van der Waals surface area (Å²) in [7, 11) is 0. The van der Waals surface area contributed by atoms with Gasteiger partial charge in [-0.15, -0.1) is 6.42 Å². The maximum Gasteiger partial charge on any atom is 0.248 e. The summed E-state index contributed by atoms with van der Waals surface area (Å²) in [4.78, 5) is 16.2. The van der Waals surface area contributed by atoms with Crippen molar-refractivity contribution < 1.29 is 4.79 Å². The molecule has 1 amide bonds. The van der Waals surface area contributed by atoms with Crippen LogP contribution in [0.4, 0.5) is 0 Å². The Hall–Kier alpha value is -1.38. The minimum atomic E-state index is -0.133. The first-order chi connectivity index (χ1) is 8.65. The zero-order valence-corrected chi connectivity index (χ0v) is 12.2. The third kappa shape index (κ3) is 2.55. The van der Waals surface area contributed by atoms with Gasteiger partial charge in [-0.25, -0.2) is 0 Å². The molecule has 0 aliphatic carbocycles. The van der Waals surface area contributed by atoms with Gasteiger partial charge in [0.25, 0.3) is 0 Å². The SMILES string of the molecule is C#CCn1c(=NC(=O)CC)sc2cc(Br)ccc21. The summed E-state index contributed by atoms with van der Waals surface area (Å²) in [6.07, 6.45) is 5.77. The third-order valence-corrected chi connectivity index (χ3v) is 3.95. The number of benzene rings is 1. The normalized spacial score (nSPS) is 11.7. The van der Waals surface area contributed by atoms with E-state index < -0.39 is 0 Å². The number of carbonyl (C=O) groups excluding carboxylic acids is 1. The van der Waals surface area contributed by atoms with Crippen LogP contribution in [-0.4, -0.2) is 10.5 Å². The molecule has 0 fully saturated rings. The molecule has 0 saturated carbocycles. The number of carbonyl (C=O) groups is 1. The number of hydrogen-bond donors (Lipinski definition) is 0. The average Bonchev–Trinajstić information content (AvgIpc) is 2.67. The molecule has 0 aliphatic heterocycles. The summed E-state index contributed by atoms with van der Waals surface area (Å²) < 4.78 is 3.94. The van der Waals surface area contributed by atoms with Crippen LogP contribution < -0.4 is 4.80 Å². The Labute approximate surface area is 117 Å². The highest BCUT2D eigenvalue weighted by Crippen LogP contribution is 2.22. The lowest BCUT2D eigenvalue weighted by Gasteiger charge is -1.99. The largest absolute Gasteiger partial charge is 0.305 e. The van der Waals surface area contributed by atoms with Crippen LogP contribution >= 0.6 is 27.3 Å². The molecule has 0 saturated heterocycles. The fraction of sp³-hybridized carbons (Fsp3) is 0.231. The summed E-state index contributed by atoms with van der Waals surface area (Å²) in [6, 6.07) is 5.93. The van der Waals surface area contributed by atoms with Gasteiger partial charge in [-0.2, -0.15) is 4.99 Å². The van der Waals surface area contributed by atoms with Crippen molar-refractivity contribution in [3.8, 4) is 12.3 Å². The van der Waals surface area contributed by atoms with Gasteiger partial charge < -0.3 is 4.57 Å². The first-order valence-corrected chi connectivity index (χ1v) is 7.06. The smallest absolute Gasteiger partial charge is 0.248 e. The van der Waals surface area contributed by atoms with Crippen LogP contribution in [-0.2, 0) is 11.3 Å². The molecule has 1 heterocycles. The zero-order chi connectivity index (χ0) is 13.1. The monoisotopic (exact) mass is 322 g/mol. The maximum atomic E-state index is 11.4. The number of fused-ring (bicyclic) bond motifs is 1. The van der Waals surface area contributed by atoms with E-state index in [4.69, 9.17) is 6.42 Å². The Morgan fingerprint density at radius 2 is 2.39 bits per heavy atom. The summed E-state index contributed by atoms with van der Waals surface area (Å²) in [5.74, 6) is 2.46. The van der Waals surface area contributed by atoms with E-state index >= 15 is 0 Å². The Bertz CT molecular complexity index is 706. The number of amides is 1. The van der Waals surface area contributed by atoms with E-state index in [1.807, 2.05) is 22.8 Å². The fourth-order valence-electron chi connectivity index (χ4n) is 1.56. The van der Waals surface area contributed by atoms with Gasteiger partial charge in [0, 0.05) is 10.9 Å². The van der Waals surface area contributed by atoms with Crippen molar-refractivity contribution in [2.45, 2.75) is 19.9 Å². The molecule has 3 nitrogen and oxygen atoms in total. The van der Waals surface area contributed by atoms with Gasteiger partial charge in [0.05, 0.1) is 16.8 Å². The second-order valence-corrected chi connectivity index (χ2v) is 5.57. The quantitative estimate of drug-likeness (QED) is 0.783. The van der Waals surface area contributed by atoms with Crippen LogP contribution in [0.1, 0.15) is 13.3 Å². The molecule has 1 aromatic heterocycles. The minimum Gasteiger partial charge on any atom is -0.305 e. The van der Waals surface area contributed by atoms with Gasteiger partial charge in [0.2, 0.25) is 5.91 Å². The summed E-state index contributed by atoms with van der Waals surface area (Å²) in [6.45, 7) is 2.21. The van der Waals surface area contributed by atoms with Crippen LogP contribution in [0.5, 0.6) is 0 Å². The average molecular weight is 323 g/mol. The molecule has 0 aliphatic rings. The molecular weight excluding hydrogens is 312 g/mol. The number of aromatic nitrogens is 1. The molecule has 18 heavy (non-hydrogen) atoms. The first-order valence-electron chi connectivity index (χ1n) is 5.45. The van der Waals surface area contributed by atoms with Gasteiger partial charge in [-0.1, -0.05) is 40.1 Å². The lowest BCUT2D eigenvalue weighted by molar-refractivity contribution is -0.117. The number of terminal acetylenes is 1. The van der Waals surface area contributed by atoms with Crippen molar-refractivity contribution in [2.24, 2.45) is 4.99 Å². The molecule has 0 unspecified atom stereocenters. The lowest BCUT2D eigenvalue weighted by atomic mass is 10.3. The third-order valence-electron chi connectivity index (χ3n) is 2.42. The van der Waals surface area contributed by atoms with E-state index in [0.29, 0.717) is 17.8 Å². The highest BCUT2D eigenvalue weighted by molar-refractivity contribution is 9.10. The number of rotatable bonds is 2. The number of thiazole rings is 1. The lowest BCUT2D eigenvalue weighted by Crippen LogP contribution is -2.16. The van der Waals surface area contributed by atoms with Crippen molar-refractivity contribution in [3.05, 3.63) is 27.5 Å². The first kappa shape index (κ1) is 13.1. The number of halogens is 1. The van der Waals surface area contributed by atoms with Crippen LogP contribution in [0.15, 0.2) is 27.7 Å². The van der Waals surface area contributed by atoms with Crippen LogP contribution in [0.2, 0.25) is 0 Å². The predicted molar refractivity (Wildman–Crippen MR) is 77.2 cm³/mol. The van der Waals surface area contributed by atoms with E-state index in [0.717, 1.165) is 14.7 Å². The molecule has 0 spiro atoms. The summed E-state index contributed by atoms with van der Waals surface area (Å²) in [5.41, 5.74) is 1.00. The van der Waals surface area contributed by atoms with E-state index in [9.17, 15) is 4.79 Å². The predicted octanol–water partition coefficient (Wildman–Crippen LogP) is 2.94. The summed E-state index contributed by atoms with van der Waals surface area (Å²) >= 11 is 4.90. The standard InChI is InChI=1S/C13H11BrN2OS/c1-3-7-16-10-6-5-9(14)8-11(10)18-13(16)15-12(17)4-2/h1,5-6,8H,4,7H2,2H3. The fourth-order valence-corrected chi connectivity index (χ4v) is 3.16. The van der Waals surface area contributed by atoms with Crippen LogP contribution in [0, 0.1) is 12.3 Å². The van der Waals surface area contributed by atoms with E-state index in [1.54, 1.807) is 6.92 Å². The van der Waals surface area contributed by atoms with Crippen molar-refractivity contribution in [1.82, 2.24) is 4.57 Å². The second-order valence-electron chi connectivity index (χ2n) is 3.65. The van der Waals surface area contributed by atoms with Gasteiger partial charge >= 0.3 is 0 Å². The molecule has 2 rings (SSSR count). The maximum absolute atomic E-state index is 11.4. The minimum absolute atomic E-state index is 0.133. The van der Waals surface area contributed by atoms with Crippen molar-refractivity contribution in [3.63, 3.8) is 0 Å². The molecule has 0 atom stereocenters. The number of hydrogen-bond acceptors (Lipinski definition) is 2. The Kier molecular flexibility index (Phi) is 4.00. The van der Waals surface area contributed by atoms with Crippen molar-refractivity contribution >= 4 is 43.4 Å². The Balaban J connectivity index is 2.73. The highest BCUT2D eigenvalue weighted by atomic mass is 79.9. The van der Waals surface area contributed by atoms with Gasteiger partial charge in [0.1, 0.15) is 0 Å². The van der Waals surface area contributed by atoms with Crippen LogP contribution in [0.25, 0.3) is 10.2 Å². The van der Waals surface area contributed by atoms with Gasteiger partial charge in [0.15, 0.2) is 4.80 Å². The van der Waals surface area contributed by atoms with Gasteiger partial charge in [-0.3, -0.25) is 4.79 Å². The van der Waals surface area contributed by atoms with Crippen molar-refractivity contribution in [1.29, 1.82) is 0 Å². The van der Waals surface area contributed by atoms with Crippen molar-refractivity contribution in [2.75, 3.05) is 0 Å². The Morgan fingerprint density at radius 3 is 3.06 bits per heavy atom. The molecule has 2 aromatic rings. The topological polar surface area (TPSA) is 34.4 Å².